The van der Waals surface area contributed by atoms with Gasteiger partial charge in [0.2, 0.25) is 0 Å². The predicted octanol–water partition coefficient (Wildman–Crippen LogP) is 5.71. The van der Waals surface area contributed by atoms with Crippen LogP contribution in [0.2, 0.25) is 0 Å². The van der Waals surface area contributed by atoms with Gasteiger partial charge < -0.3 is 0 Å². The van der Waals surface area contributed by atoms with Gasteiger partial charge in [-0.15, -0.1) is 22.7 Å². The highest BCUT2D eigenvalue weighted by Gasteiger charge is 1.96. The zero-order chi connectivity index (χ0) is 13.6. The van der Waals surface area contributed by atoms with Crippen LogP contribution in [0.1, 0.15) is 0 Å². The first-order valence-electron chi connectivity index (χ1n) is 6.30. The van der Waals surface area contributed by atoms with E-state index in [9.17, 15) is 0 Å². The summed E-state index contributed by atoms with van der Waals surface area (Å²) in [4.78, 5) is 6.92. The van der Waals surface area contributed by atoms with Crippen LogP contribution in [0, 0.1) is 0 Å². The minimum Gasteiger partial charge on any atom is -0.256 e. The second-order valence-electron chi connectivity index (χ2n) is 4.15. The van der Waals surface area contributed by atoms with Crippen LogP contribution in [-0.4, -0.2) is 4.98 Å². The molecule has 3 heteroatoms. The van der Waals surface area contributed by atoms with E-state index in [-0.39, 0.29) is 0 Å². The Balaban J connectivity index is 0.000000121. The number of rotatable bonds is 1. The number of pyridine rings is 1. The molecule has 3 aromatic heterocycles. The monoisotopic (exact) mass is 295 g/mol. The van der Waals surface area contributed by atoms with E-state index in [1.807, 2.05) is 30.5 Å². The van der Waals surface area contributed by atoms with Gasteiger partial charge in [0.1, 0.15) is 0 Å². The maximum atomic E-state index is 4.18. The molecule has 0 radical (unpaired) electrons. The molecule has 0 fully saturated rings. The summed E-state index contributed by atoms with van der Waals surface area (Å²) in [6.07, 6.45) is 1.81. The van der Waals surface area contributed by atoms with Crippen LogP contribution in [0.3, 0.4) is 0 Å². The fourth-order valence-electron chi connectivity index (χ4n) is 1.85. The highest BCUT2D eigenvalue weighted by atomic mass is 32.1. The van der Waals surface area contributed by atoms with Crippen molar-refractivity contribution in [1.82, 2.24) is 4.98 Å². The molecule has 0 saturated heterocycles. The second-order valence-corrected chi connectivity index (χ2v) is 6.05. The van der Waals surface area contributed by atoms with E-state index in [1.165, 1.54) is 15.1 Å². The lowest BCUT2D eigenvalue weighted by Crippen LogP contribution is -1.73. The minimum atomic E-state index is 1.06. The summed E-state index contributed by atoms with van der Waals surface area (Å²) < 4.78 is 0. The SMILES string of the molecule is c1ccc2ncccc2c1.c1csc(-c2cccs2)c1. The number of hydrogen-bond acceptors (Lipinski definition) is 3. The molecule has 0 aliphatic heterocycles. The number of benzene rings is 1. The zero-order valence-corrected chi connectivity index (χ0v) is 12.4. The molecule has 0 unspecified atom stereocenters. The third-order valence-electron chi connectivity index (χ3n) is 2.80. The first-order chi connectivity index (χ1) is 9.93. The molecule has 1 aromatic carbocycles. The highest BCUT2D eigenvalue weighted by molar-refractivity contribution is 7.20. The fraction of sp³-hybridized carbons (Fsp3) is 0. The standard InChI is InChI=1S/C9H7N.C8H6S2/c1-2-6-9-8(4-1)5-3-7-10-9;1-3-7(9-5-1)8-4-2-6-10-8/h1-7H;1-6H. The van der Waals surface area contributed by atoms with Gasteiger partial charge in [-0.05, 0) is 35.0 Å². The molecule has 0 bridgehead atoms. The lowest BCUT2D eigenvalue weighted by Gasteiger charge is -1.91. The smallest absolute Gasteiger partial charge is 0.0701 e. The number of para-hydroxylation sites is 1. The number of thiophene rings is 2. The summed E-state index contributed by atoms with van der Waals surface area (Å²) in [6, 6.07) is 20.5. The lowest BCUT2D eigenvalue weighted by atomic mass is 10.2. The molecule has 3 heterocycles. The number of nitrogens with zero attached hydrogens (tertiary/aromatic N) is 1. The molecule has 0 spiro atoms. The Morgan fingerprint density at radius 2 is 1.30 bits per heavy atom. The maximum absolute atomic E-state index is 4.18. The molecule has 4 aromatic rings. The van der Waals surface area contributed by atoms with Crippen molar-refractivity contribution in [3.63, 3.8) is 0 Å². The number of fused-ring (bicyclic) bond motifs is 1. The predicted molar refractivity (Wildman–Crippen MR) is 89.4 cm³/mol. The van der Waals surface area contributed by atoms with E-state index in [0.29, 0.717) is 0 Å². The Morgan fingerprint density at radius 1 is 0.650 bits per heavy atom. The van der Waals surface area contributed by atoms with E-state index in [4.69, 9.17) is 0 Å². The third-order valence-corrected chi connectivity index (χ3v) is 4.73. The molecular formula is C17H13NS2. The summed E-state index contributed by atoms with van der Waals surface area (Å²) >= 11 is 3.58. The van der Waals surface area contributed by atoms with Crippen molar-refractivity contribution in [2.75, 3.05) is 0 Å². The van der Waals surface area contributed by atoms with E-state index in [1.54, 1.807) is 22.7 Å². The first-order valence-corrected chi connectivity index (χ1v) is 8.06. The Labute approximate surface area is 126 Å². The van der Waals surface area contributed by atoms with Crippen LogP contribution in [-0.2, 0) is 0 Å². The fourth-order valence-corrected chi connectivity index (χ4v) is 3.43. The molecular weight excluding hydrogens is 282 g/mol. The van der Waals surface area contributed by atoms with Gasteiger partial charge in [-0.3, -0.25) is 4.98 Å². The summed E-state index contributed by atoms with van der Waals surface area (Å²) in [5, 5.41) is 5.41. The van der Waals surface area contributed by atoms with Crippen LogP contribution in [0.25, 0.3) is 20.7 Å². The highest BCUT2D eigenvalue weighted by Crippen LogP contribution is 2.28. The minimum absolute atomic E-state index is 1.06. The van der Waals surface area contributed by atoms with Gasteiger partial charge in [0.05, 0.1) is 5.52 Å². The van der Waals surface area contributed by atoms with Gasteiger partial charge in [0.25, 0.3) is 0 Å². The van der Waals surface area contributed by atoms with E-state index in [0.717, 1.165) is 5.52 Å². The van der Waals surface area contributed by atoms with Gasteiger partial charge >= 0.3 is 0 Å². The number of aromatic nitrogens is 1. The molecule has 20 heavy (non-hydrogen) atoms. The quantitative estimate of drug-likeness (QED) is 0.438. The second kappa shape index (κ2) is 6.46. The van der Waals surface area contributed by atoms with Gasteiger partial charge in [0.15, 0.2) is 0 Å². The Bertz CT molecular complexity index is 661. The molecule has 4 rings (SSSR count). The molecule has 1 nitrogen and oxygen atoms in total. The average Bonchev–Trinajstić information content (AvgIpc) is 3.20. The van der Waals surface area contributed by atoms with Crippen LogP contribution < -0.4 is 0 Å². The summed E-state index contributed by atoms with van der Waals surface area (Å²) in [5.41, 5.74) is 1.06. The van der Waals surface area contributed by atoms with Crippen molar-refractivity contribution < 1.29 is 0 Å². The summed E-state index contributed by atoms with van der Waals surface area (Å²) in [5.74, 6) is 0. The van der Waals surface area contributed by atoms with Crippen LogP contribution in [0.4, 0.5) is 0 Å². The van der Waals surface area contributed by atoms with Crippen molar-refractivity contribution in [3.05, 3.63) is 77.6 Å². The number of hydrogen-bond donors (Lipinski definition) is 0. The Morgan fingerprint density at radius 3 is 1.90 bits per heavy atom. The molecule has 0 aliphatic rings. The summed E-state index contributed by atoms with van der Waals surface area (Å²) in [7, 11) is 0. The maximum Gasteiger partial charge on any atom is 0.0701 e. The first kappa shape index (κ1) is 13.0. The van der Waals surface area contributed by atoms with Gasteiger partial charge in [-0.25, -0.2) is 0 Å². The molecule has 98 valence electrons. The molecule has 0 saturated carbocycles. The third kappa shape index (κ3) is 3.13. The molecule has 0 N–H and O–H groups in total. The van der Waals surface area contributed by atoms with Crippen LogP contribution in [0.5, 0.6) is 0 Å². The van der Waals surface area contributed by atoms with Crippen molar-refractivity contribution in [2.24, 2.45) is 0 Å². The van der Waals surface area contributed by atoms with E-state index in [2.05, 4.69) is 52.1 Å². The Hall–Kier alpha value is -1.97. The average molecular weight is 295 g/mol. The Kier molecular flexibility index (Phi) is 4.21. The van der Waals surface area contributed by atoms with Crippen LogP contribution >= 0.6 is 22.7 Å². The van der Waals surface area contributed by atoms with Gasteiger partial charge in [-0.2, -0.15) is 0 Å². The lowest BCUT2D eigenvalue weighted by molar-refractivity contribution is 1.41. The van der Waals surface area contributed by atoms with Crippen molar-refractivity contribution >= 4 is 33.6 Å². The van der Waals surface area contributed by atoms with Crippen molar-refractivity contribution in [1.29, 1.82) is 0 Å². The topological polar surface area (TPSA) is 12.9 Å². The molecule has 0 amide bonds. The zero-order valence-electron chi connectivity index (χ0n) is 10.8. The molecule has 0 aliphatic carbocycles. The van der Waals surface area contributed by atoms with Crippen molar-refractivity contribution in [3.8, 4) is 9.75 Å². The molecule has 0 atom stereocenters. The van der Waals surface area contributed by atoms with Gasteiger partial charge in [-0.1, -0.05) is 36.4 Å². The van der Waals surface area contributed by atoms with Crippen LogP contribution in [0.15, 0.2) is 77.6 Å². The largest absolute Gasteiger partial charge is 0.256 e. The summed E-state index contributed by atoms with van der Waals surface area (Å²) in [6.45, 7) is 0. The van der Waals surface area contributed by atoms with E-state index >= 15 is 0 Å². The van der Waals surface area contributed by atoms with Crippen molar-refractivity contribution in [2.45, 2.75) is 0 Å². The normalized spacial score (nSPS) is 10.0. The van der Waals surface area contributed by atoms with E-state index < -0.39 is 0 Å². The van der Waals surface area contributed by atoms with Gasteiger partial charge in [0, 0.05) is 21.3 Å².